The van der Waals surface area contributed by atoms with Crippen LogP contribution in [0.15, 0.2) is 36.4 Å². The van der Waals surface area contributed by atoms with Crippen LogP contribution in [0.2, 0.25) is 0 Å². The predicted molar refractivity (Wildman–Crippen MR) is 105 cm³/mol. The van der Waals surface area contributed by atoms with E-state index in [9.17, 15) is 5.26 Å². The fraction of sp³-hybridized carbons (Fsp3) is 0.391. The van der Waals surface area contributed by atoms with E-state index in [-0.39, 0.29) is 11.5 Å². The molecule has 1 heterocycles. The Morgan fingerprint density at radius 2 is 1.82 bits per heavy atom. The average molecular weight is 376 g/mol. The summed E-state index contributed by atoms with van der Waals surface area (Å²) in [4.78, 5) is 0. The Morgan fingerprint density at radius 1 is 1.07 bits per heavy atom. The van der Waals surface area contributed by atoms with Crippen LogP contribution in [0, 0.1) is 22.7 Å². The van der Waals surface area contributed by atoms with Gasteiger partial charge in [0.2, 0.25) is 0 Å². The zero-order chi connectivity index (χ0) is 20.1. The van der Waals surface area contributed by atoms with Gasteiger partial charge in [0.25, 0.3) is 0 Å². The summed E-state index contributed by atoms with van der Waals surface area (Å²) in [7, 11) is 0. The molecule has 2 aromatic rings. The molecule has 0 N–H and O–H groups in total. The first-order chi connectivity index (χ1) is 13.4. The van der Waals surface area contributed by atoms with Gasteiger partial charge in [-0.25, -0.2) is 0 Å². The zero-order valence-electron chi connectivity index (χ0n) is 16.5. The molecule has 2 aromatic carbocycles. The highest BCUT2D eigenvalue weighted by Crippen LogP contribution is 2.35. The van der Waals surface area contributed by atoms with Crippen LogP contribution in [-0.4, -0.2) is 19.3 Å². The molecule has 1 atom stereocenters. The van der Waals surface area contributed by atoms with Gasteiger partial charge in [0.1, 0.15) is 23.6 Å². The third-order valence-corrected chi connectivity index (χ3v) is 4.68. The molecule has 0 saturated carbocycles. The minimum absolute atomic E-state index is 0.132. The fourth-order valence-corrected chi connectivity index (χ4v) is 2.97. The van der Waals surface area contributed by atoms with Crippen molar-refractivity contribution in [2.24, 2.45) is 0 Å². The van der Waals surface area contributed by atoms with Crippen molar-refractivity contribution in [1.82, 2.24) is 0 Å². The Labute approximate surface area is 166 Å². The lowest BCUT2D eigenvalue weighted by atomic mass is 9.85. The van der Waals surface area contributed by atoms with Crippen molar-refractivity contribution in [2.75, 3.05) is 13.2 Å². The number of rotatable bonds is 6. The topological polar surface area (TPSA) is 75.3 Å². The van der Waals surface area contributed by atoms with Crippen molar-refractivity contribution in [2.45, 2.75) is 45.3 Å². The van der Waals surface area contributed by atoms with Crippen molar-refractivity contribution in [3.63, 3.8) is 0 Å². The Kier molecular flexibility index (Phi) is 5.99. The van der Waals surface area contributed by atoms with Crippen LogP contribution in [-0.2, 0) is 21.5 Å². The Hall–Kier alpha value is -2.86. The van der Waals surface area contributed by atoms with Crippen molar-refractivity contribution in [3.8, 4) is 23.6 Å². The minimum atomic E-state index is -0.132. The summed E-state index contributed by atoms with van der Waals surface area (Å²) in [5, 5.41) is 18.3. The number of hydrogen-bond acceptors (Lipinski definition) is 5. The van der Waals surface area contributed by atoms with Crippen LogP contribution in [0.3, 0.4) is 0 Å². The van der Waals surface area contributed by atoms with E-state index >= 15 is 0 Å². The number of ether oxygens (including phenoxy) is 3. The summed E-state index contributed by atoms with van der Waals surface area (Å²) in [6.07, 6.45) is 1.30. The van der Waals surface area contributed by atoms with Gasteiger partial charge >= 0.3 is 0 Å². The van der Waals surface area contributed by atoms with Gasteiger partial charge < -0.3 is 14.2 Å². The standard InChI is InChI=1S/C23H24N2O3/c1-23(2,3)21-10-16(14-26-15-20-8-9-27-20)4-7-22(21)28-19-6-5-17(12-24)18(11-19)13-25/h4-7,10-11,20H,8-9,14-15H2,1-3H3. The smallest absolute Gasteiger partial charge is 0.131 e. The maximum Gasteiger partial charge on any atom is 0.131 e. The molecule has 0 radical (unpaired) electrons. The molecule has 28 heavy (non-hydrogen) atoms. The van der Waals surface area contributed by atoms with E-state index in [1.54, 1.807) is 18.2 Å². The van der Waals surface area contributed by atoms with E-state index in [0.717, 1.165) is 29.9 Å². The molecular weight excluding hydrogens is 352 g/mol. The Bertz CT molecular complexity index is 928. The number of hydrogen-bond donors (Lipinski definition) is 0. The highest BCUT2D eigenvalue weighted by Gasteiger charge is 2.21. The lowest BCUT2D eigenvalue weighted by Gasteiger charge is -2.26. The SMILES string of the molecule is CC(C)(C)c1cc(COCC2CCO2)ccc1Oc1ccc(C#N)c(C#N)c1. The molecule has 0 aliphatic carbocycles. The number of nitrogens with zero attached hydrogens (tertiary/aromatic N) is 2. The van der Waals surface area contributed by atoms with Crippen molar-refractivity contribution in [3.05, 3.63) is 58.7 Å². The summed E-state index contributed by atoms with van der Waals surface area (Å²) in [5.41, 5.74) is 2.65. The maximum absolute atomic E-state index is 9.22. The molecule has 5 heteroatoms. The van der Waals surface area contributed by atoms with E-state index in [1.807, 2.05) is 24.3 Å². The highest BCUT2D eigenvalue weighted by atomic mass is 16.5. The van der Waals surface area contributed by atoms with Gasteiger partial charge in [-0.1, -0.05) is 26.8 Å². The zero-order valence-corrected chi connectivity index (χ0v) is 16.5. The minimum Gasteiger partial charge on any atom is -0.457 e. The van der Waals surface area contributed by atoms with Crippen LogP contribution >= 0.6 is 0 Å². The fourth-order valence-electron chi connectivity index (χ4n) is 2.97. The lowest BCUT2D eigenvalue weighted by molar-refractivity contribution is -0.0967. The monoisotopic (exact) mass is 376 g/mol. The lowest BCUT2D eigenvalue weighted by Crippen LogP contribution is -2.31. The van der Waals surface area contributed by atoms with E-state index in [4.69, 9.17) is 19.5 Å². The molecule has 1 aliphatic rings. The largest absolute Gasteiger partial charge is 0.457 e. The summed E-state index contributed by atoms with van der Waals surface area (Å²) in [6, 6.07) is 15.0. The molecule has 1 fully saturated rings. The highest BCUT2D eigenvalue weighted by molar-refractivity contribution is 5.51. The molecular formula is C23H24N2O3. The van der Waals surface area contributed by atoms with Gasteiger partial charge in [0.05, 0.1) is 30.4 Å². The van der Waals surface area contributed by atoms with Crippen molar-refractivity contribution >= 4 is 0 Å². The molecule has 0 aromatic heterocycles. The van der Waals surface area contributed by atoms with Gasteiger partial charge in [-0.2, -0.15) is 10.5 Å². The summed E-state index contributed by atoms with van der Waals surface area (Å²) in [6.45, 7) is 8.35. The van der Waals surface area contributed by atoms with Gasteiger partial charge in [-0.05, 0) is 47.7 Å². The molecule has 1 saturated heterocycles. The molecule has 144 valence electrons. The van der Waals surface area contributed by atoms with E-state index in [1.165, 1.54) is 0 Å². The van der Waals surface area contributed by atoms with Crippen LogP contribution in [0.5, 0.6) is 11.5 Å². The predicted octanol–water partition coefficient (Wildman–Crippen LogP) is 4.83. The maximum atomic E-state index is 9.22. The first-order valence-corrected chi connectivity index (χ1v) is 9.35. The Morgan fingerprint density at radius 3 is 2.43 bits per heavy atom. The third kappa shape index (κ3) is 4.70. The quantitative estimate of drug-likeness (QED) is 0.722. The van der Waals surface area contributed by atoms with Crippen molar-refractivity contribution in [1.29, 1.82) is 10.5 Å². The summed E-state index contributed by atoms with van der Waals surface area (Å²) in [5.74, 6) is 1.26. The van der Waals surface area contributed by atoms with Gasteiger partial charge in [0, 0.05) is 12.2 Å². The second-order valence-electron chi connectivity index (χ2n) is 7.91. The van der Waals surface area contributed by atoms with E-state index in [0.29, 0.717) is 30.1 Å². The van der Waals surface area contributed by atoms with Crippen LogP contribution in [0.4, 0.5) is 0 Å². The van der Waals surface area contributed by atoms with Crippen LogP contribution < -0.4 is 4.74 Å². The second-order valence-corrected chi connectivity index (χ2v) is 7.91. The summed E-state index contributed by atoms with van der Waals surface area (Å²) >= 11 is 0. The first-order valence-electron chi connectivity index (χ1n) is 9.35. The van der Waals surface area contributed by atoms with Crippen LogP contribution in [0.25, 0.3) is 0 Å². The van der Waals surface area contributed by atoms with Gasteiger partial charge in [-0.15, -0.1) is 0 Å². The molecule has 1 unspecified atom stereocenters. The van der Waals surface area contributed by atoms with E-state index < -0.39 is 0 Å². The van der Waals surface area contributed by atoms with Crippen LogP contribution in [0.1, 0.15) is 49.4 Å². The summed E-state index contributed by atoms with van der Waals surface area (Å²) < 4.78 is 17.2. The number of benzene rings is 2. The first kappa shape index (κ1) is 19.9. The van der Waals surface area contributed by atoms with Crippen molar-refractivity contribution < 1.29 is 14.2 Å². The molecule has 0 bridgehead atoms. The molecule has 3 rings (SSSR count). The van der Waals surface area contributed by atoms with Gasteiger partial charge in [-0.3, -0.25) is 0 Å². The van der Waals surface area contributed by atoms with Gasteiger partial charge in [0.15, 0.2) is 0 Å². The molecule has 5 nitrogen and oxygen atoms in total. The third-order valence-electron chi connectivity index (χ3n) is 4.68. The number of nitriles is 2. The molecule has 0 spiro atoms. The second kappa shape index (κ2) is 8.44. The molecule has 0 amide bonds. The molecule has 1 aliphatic heterocycles. The van der Waals surface area contributed by atoms with E-state index in [2.05, 4.69) is 26.8 Å². The average Bonchev–Trinajstić information content (AvgIpc) is 2.63. The Balaban J connectivity index is 1.80. The normalized spacial score (nSPS) is 16.0.